The summed E-state index contributed by atoms with van der Waals surface area (Å²) in [6.07, 6.45) is 6.49. The Balaban J connectivity index is 0.000000389. The normalized spacial score (nSPS) is 9.24. The van der Waals surface area contributed by atoms with Crippen molar-refractivity contribution in [1.29, 1.82) is 0 Å². The Kier molecular flexibility index (Phi) is 15.8. The molecule has 0 fully saturated rings. The Morgan fingerprint density at radius 3 is 2.14 bits per heavy atom. The minimum atomic E-state index is 0.581. The molecule has 11 heteroatoms. The zero-order chi connectivity index (χ0) is 27.5. The number of hydrogen-bond acceptors (Lipinski definition) is 8. The highest BCUT2D eigenvalue weighted by Crippen LogP contribution is 2.31. The highest BCUT2D eigenvalue weighted by Gasteiger charge is 2.05. The van der Waals surface area contributed by atoms with Gasteiger partial charge in [0.05, 0.1) is 45.6 Å². The molecule has 0 unspecified atom stereocenters. The van der Waals surface area contributed by atoms with E-state index in [9.17, 15) is 0 Å². The van der Waals surface area contributed by atoms with Crippen LogP contribution in [0.4, 0.5) is 11.4 Å². The number of methoxy groups -OCH3 is 4. The largest absolute Gasteiger partial charge is 0.493 e. The highest BCUT2D eigenvalue weighted by molar-refractivity contribution is 7.80. The molecule has 37 heavy (non-hydrogen) atoms. The van der Waals surface area contributed by atoms with Gasteiger partial charge in [-0.05, 0) is 55.1 Å². The third-order valence-electron chi connectivity index (χ3n) is 4.62. The standard InChI is InChI=1S/C15H20N4O2S.C9H9NO2S.C2H6/c1-20-13-5-4-12(10-14(13)21-2)18-15(22)17-6-3-8-19-9-7-16-11-19;1-11-8-4-3-7(10-6-13)5-9(8)12-2;1-2/h4-5,7,9-11H,3,6,8H2,1-2H3,(H2,17,18,22);3-5H,1-2H3;1-2H3. The monoisotopic (exact) mass is 545 g/mol. The number of ether oxygens (including phenoxy) is 4. The van der Waals surface area contributed by atoms with Crippen molar-refractivity contribution in [2.24, 2.45) is 4.99 Å². The smallest absolute Gasteiger partial charge is 0.170 e. The number of aromatic nitrogens is 2. The number of rotatable bonds is 10. The van der Waals surface area contributed by atoms with Gasteiger partial charge in [0, 0.05) is 43.3 Å². The summed E-state index contributed by atoms with van der Waals surface area (Å²) >= 11 is 9.76. The molecule has 0 amide bonds. The van der Waals surface area contributed by atoms with Gasteiger partial charge in [0.2, 0.25) is 0 Å². The van der Waals surface area contributed by atoms with Crippen LogP contribution >= 0.6 is 24.4 Å². The maximum atomic E-state index is 5.28. The molecule has 200 valence electrons. The lowest BCUT2D eigenvalue weighted by Crippen LogP contribution is -2.29. The number of hydrogen-bond donors (Lipinski definition) is 2. The third kappa shape index (κ3) is 11.3. The van der Waals surface area contributed by atoms with Crippen molar-refractivity contribution in [2.45, 2.75) is 26.8 Å². The van der Waals surface area contributed by atoms with Gasteiger partial charge >= 0.3 is 0 Å². The predicted molar refractivity (Wildman–Crippen MR) is 156 cm³/mol. The second-order valence-corrected chi connectivity index (χ2v) is 7.44. The molecule has 9 nitrogen and oxygen atoms in total. The first-order valence-corrected chi connectivity index (χ1v) is 12.4. The van der Waals surface area contributed by atoms with Gasteiger partial charge in [-0.3, -0.25) is 0 Å². The van der Waals surface area contributed by atoms with Crippen LogP contribution in [-0.4, -0.2) is 54.8 Å². The van der Waals surface area contributed by atoms with Gasteiger partial charge in [0.25, 0.3) is 0 Å². The van der Waals surface area contributed by atoms with Crippen LogP contribution in [0.2, 0.25) is 0 Å². The molecule has 3 aromatic rings. The highest BCUT2D eigenvalue weighted by atomic mass is 32.1. The van der Waals surface area contributed by atoms with Crippen LogP contribution in [0, 0.1) is 0 Å². The zero-order valence-electron chi connectivity index (χ0n) is 22.1. The second kappa shape index (κ2) is 18.6. The van der Waals surface area contributed by atoms with E-state index < -0.39 is 0 Å². The van der Waals surface area contributed by atoms with Crippen molar-refractivity contribution < 1.29 is 18.9 Å². The number of nitrogens with zero attached hydrogens (tertiary/aromatic N) is 3. The number of anilines is 1. The van der Waals surface area contributed by atoms with Crippen molar-refractivity contribution >= 4 is 46.1 Å². The summed E-state index contributed by atoms with van der Waals surface area (Å²) < 4.78 is 22.6. The SMILES string of the molecule is CC.COc1ccc(N=C=S)cc1OC.COc1ccc(NC(=S)NCCCn2ccnc2)cc1OC. The van der Waals surface area contributed by atoms with Gasteiger partial charge in [0.1, 0.15) is 0 Å². The quantitative estimate of drug-likeness (QED) is 0.188. The number of aliphatic imine (C=N–C) groups is 1. The predicted octanol–water partition coefficient (Wildman–Crippen LogP) is 5.74. The molecular weight excluding hydrogens is 510 g/mol. The van der Waals surface area contributed by atoms with Gasteiger partial charge in [-0.15, -0.1) is 0 Å². The number of aryl methyl sites for hydroxylation is 1. The first-order chi connectivity index (χ1) is 18.0. The molecular formula is C26H35N5O4S2. The van der Waals surface area contributed by atoms with Crippen molar-refractivity contribution in [3.8, 4) is 23.0 Å². The maximum Gasteiger partial charge on any atom is 0.170 e. The van der Waals surface area contributed by atoms with Gasteiger partial charge in [-0.25, -0.2) is 4.98 Å². The lowest BCUT2D eigenvalue weighted by molar-refractivity contribution is 0.355. The molecule has 0 bridgehead atoms. The lowest BCUT2D eigenvalue weighted by Gasteiger charge is -2.13. The van der Waals surface area contributed by atoms with Gasteiger partial charge in [0.15, 0.2) is 28.1 Å². The molecule has 0 spiro atoms. The topological polar surface area (TPSA) is 91.2 Å². The molecule has 1 aromatic heterocycles. The van der Waals surface area contributed by atoms with E-state index in [0.29, 0.717) is 33.8 Å². The van der Waals surface area contributed by atoms with Crippen LogP contribution in [0.25, 0.3) is 0 Å². The van der Waals surface area contributed by atoms with Crippen molar-refractivity contribution in [3.63, 3.8) is 0 Å². The molecule has 2 aromatic carbocycles. The van der Waals surface area contributed by atoms with Gasteiger partial charge in [-0.2, -0.15) is 4.99 Å². The molecule has 3 rings (SSSR count). The number of benzene rings is 2. The Hall–Kier alpha value is -3.66. The van der Waals surface area contributed by atoms with Crippen molar-refractivity contribution in [3.05, 3.63) is 55.1 Å². The fourth-order valence-corrected chi connectivity index (χ4v) is 3.24. The van der Waals surface area contributed by atoms with Crippen LogP contribution in [-0.2, 0) is 6.54 Å². The van der Waals surface area contributed by atoms with E-state index >= 15 is 0 Å². The first kappa shape index (κ1) is 31.4. The molecule has 0 aliphatic rings. The fourth-order valence-electron chi connectivity index (χ4n) is 2.92. The minimum Gasteiger partial charge on any atom is -0.493 e. The summed E-state index contributed by atoms with van der Waals surface area (Å²) in [5, 5.41) is 9.17. The average Bonchev–Trinajstić information content (AvgIpc) is 3.46. The average molecular weight is 546 g/mol. The van der Waals surface area contributed by atoms with Crippen LogP contribution < -0.4 is 29.6 Å². The maximum absolute atomic E-state index is 5.28. The van der Waals surface area contributed by atoms with Gasteiger partial charge in [-0.1, -0.05) is 13.8 Å². The van der Waals surface area contributed by atoms with Crippen molar-refractivity contribution in [2.75, 3.05) is 40.3 Å². The molecule has 0 aliphatic heterocycles. The summed E-state index contributed by atoms with van der Waals surface area (Å²) in [6.45, 7) is 5.70. The van der Waals surface area contributed by atoms with E-state index in [-0.39, 0.29) is 0 Å². The summed E-state index contributed by atoms with van der Waals surface area (Å²) in [5.41, 5.74) is 1.55. The molecule has 0 aliphatic carbocycles. The Morgan fingerprint density at radius 2 is 1.57 bits per heavy atom. The Morgan fingerprint density at radius 1 is 0.946 bits per heavy atom. The summed E-state index contributed by atoms with van der Waals surface area (Å²) in [4.78, 5) is 7.82. The van der Waals surface area contributed by atoms with Crippen LogP contribution in [0.1, 0.15) is 20.3 Å². The molecule has 0 atom stereocenters. The van der Waals surface area contributed by atoms with E-state index in [0.717, 1.165) is 25.2 Å². The third-order valence-corrected chi connectivity index (χ3v) is 4.96. The summed E-state index contributed by atoms with van der Waals surface area (Å²) in [6, 6.07) is 10.9. The fraction of sp³-hybridized carbons (Fsp3) is 0.346. The lowest BCUT2D eigenvalue weighted by atomic mass is 10.3. The summed E-state index contributed by atoms with van der Waals surface area (Å²) in [5.74, 6) is 2.66. The molecule has 0 saturated carbocycles. The molecule has 0 radical (unpaired) electrons. The summed E-state index contributed by atoms with van der Waals surface area (Å²) in [7, 11) is 6.37. The van der Waals surface area contributed by atoms with Crippen LogP contribution in [0.3, 0.4) is 0 Å². The van der Waals surface area contributed by atoms with Gasteiger partial charge < -0.3 is 34.1 Å². The number of isothiocyanates is 1. The van der Waals surface area contributed by atoms with Crippen LogP contribution in [0.5, 0.6) is 23.0 Å². The Bertz CT molecular complexity index is 1120. The number of nitrogens with one attached hydrogen (secondary N) is 2. The second-order valence-electron chi connectivity index (χ2n) is 6.85. The Labute approximate surface area is 229 Å². The van der Waals surface area contributed by atoms with Crippen LogP contribution in [0.15, 0.2) is 60.1 Å². The van der Waals surface area contributed by atoms with E-state index in [4.69, 9.17) is 31.2 Å². The zero-order valence-corrected chi connectivity index (χ0v) is 23.7. The molecule has 2 N–H and O–H groups in total. The van der Waals surface area contributed by atoms with E-state index in [1.807, 2.05) is 42.8 Å². The number of imidazole rings is 1. The first-order valence-electron chi connectivity index (χ1n) is 11.6. The van der Waals surface area contributed by atoms with E-state index in [1.165, 1.54) is 0 Å². The minimum absolute atomic E-state index is 0.581. The van der Waals surface area contributed by atoms with E-state index in [1.54, 1.807) is 59.2 Å². The molecule has 1 heterocycles. The number of thiocarbonyl (C=S) groups is 2. The van der Waals surface area contributed by atoms with Crippen molar-refractivity contribution in [1.82, 2.24) is 14.9 Å². The molecule has 0 saturated heterocycles. The van der Waals surface area contributed by atoms with E-state index in [2.05, 4.69) is 38.0 Å².